The van der Waals surface area contributed by atoms with Crippen LogP contribution in [-0.2, 0) is 4.79 Å². The maximum absolute atomic E-state index is 13.7. The molecule has 4 aromatic rings. The number of hydrogen-bond acceptors (Lipinski definition) is 7. The number of ketones is 1. The average molecular weight is 468 g/mol. The van der Waals surface area contributed by atoms with Gasteiger partial charge in [-0.3, -0.25) is 14.5 Å². The van der Waals surface area contributed by atoms with Gasteiger partial charge in [-0.15, -0.1) is 11.3 Å². The number of thiazole rings is 1. The first-order valence-corrected chi connectivity index (χ1v) is 11.2. The molecule has 3 heterocycles. The minimum Gasteiger partial charge on any atom is -0.503 e. The summed E-state index contributed by atoms with van der Waals surface area (Å²) in [6, 6.07) is 20.2. The van der Waals surface area contributed by atoms with Crippen LogP contribution >= 0.6 is 11.3 Å². The van der Waals surface area contributed by atoms with Crippen LogP contribution in [0.1, 0.15) is 32.7 Å². The maximum atomic E-state index is 13.7. The van der Waals surface area contributed by atoms with Crippen LogP contribution in [0.3, 0.4) is 0 Å². The predicted octanol–water partition coefficient (Wildman–Crippen LogP) is 5.37. The molecule has 1 unspecified atom stereocenters. The van der Waals surface area contributed by atoms with Crippen LogP contribution in [0, 0.1) is 18.3 Å². The zero-order valence-electron chi connectivity index (χ0n) is 17.9. The number of nitrogens with zero attached hydrogens (tertiary/aromatic N) is 3. The number of aryl methyl sites for hydroxylation is 1. The Kier molecular flexibility index (Phi) is 5.32. The molecule has 0 fully saturated rings. The molecule has 2 aromatic heterocycles. The van der Waals surface area contributed by atoms with Crippen molar-refractivity contribution in [2.24, 2.45) is 0 Å². The molecule has 1 amide bonds. The molecule has 1 atom stereocenters. The first kappa shape index (κ1) is 21.4. The summed E-state index contributed by atoms with van der Waals surface area (Å²) in [7, 11) is 0. The second kappa shape index (κ2) is 8.46. The Hall–Kier alpha value is -4.48. The van der Waals surface area contributed by atoms with E-state index in [9.17, 15) is 14.7 Å². The summed E-state index contributed by atoms with van der Waals surface area (Å²) in [6.07, 6.45) is 1.44. The molecule has 166 valence electrons. The van der Waals surface area contributed by atoms with Gasteiger partial charge in [0, 0.05) is 11.3 Å². The fourth-order valence-electron chi connectivity index (χ4n) is 3.95. The van der Waals surface area contributed by atoms with Gasteiger partial charge in [-0.05, 0) is 43.3 Å². The number of carbonyl (C=O) groups is 2. The number of nitriles is 1. The zero-order chi connectivity index (χ0) is 23.8. The maximum Gasteiger partial charge on any atom is 0.294 e. The van der Waals surface area contributed by atoms with Crippen molar-refractivity contribution in [1.82, 2.24) is 4.98 Å². The van der Waals surface area contributed by atoms with Crippen molar-refractivity contribution in [3.05, 3.63) is 106 Å². The number of aliphatic hydroxyl groups is 1. The van der Waals surface area contributed by atoms with Crippen LogP contribution in [-0.4, -0.2) is 21.8 Å². The van der Waals surface area contributed by atoms with Gasteiger partial charge in [0.15, 0.2) is 5.76 Å². The Bertz CT molecular complexity index is 1460. The highest BCUT2D eigenvalue weighted by Gasteiger charge is 2.46. The van der Waals surface area contributed by atoms with Gasteiger partial charge in [0.1, 0.15) is 16.8 Å². The molecule has 0 saturated carbocycles. The molecule has 7 nitrogen and oxygen atoms in total. The highest BCUT2D eigenvalue weighted by atomic mass is 32.1. The van der Waals surface area contributed by atoms with E-state index in [0.717, 1.165) is 5.56 Å². The van der Waals surface area contributed by atoms with Gasteiger partial charge in [-0.25, -0.2) is 4.98 Å². The molecule has 34 heavy (non-hydrogen) atoms. The quantitative estimate of drug-likeness (QED) is 0.396. The fourth-order valence-corrected chi connectivity index (χ4v) is 4.98. The first-order chi connectivity index (χ1) is 16.5. The fraction of sp³-hybridized carbons (Fsp3) is 0.0769. The summed E-state index contributed by atoms with van der Waals surface area (Å²) >= 11 is 1.21. The van der Waals surface area contributed by atoms with Crippen LogP contribution in [0.25, 0.3) is 10.6 Å². The molecule has 8 heteroatoms. The third-order valence-electron chi connectivity index (χ3n) is 5.56. The molecule has 5 rings (SSSR count). The number of rotatable bonds is 5. The Balaban J connectivity index is 1.60. The van der Waals surface area contributed by atoms with E-state index in [2.05, 4.69) is 4.98 Å². The number of anilines is 1. The summed E-state index contributed by atoms with van der Waals surface area (Å²) in [5.74, 6) is -1.51. The second-order valence-corrected chi connectivity index (χ2v) is 8.64. The van der Waals surface area contributed by atoms with Gasteiger partial charge < -0.3 is 9.52 Å². The molecule has 1 aliphatic heterocycles. The SMILES string of the molecule is Cc1nc(-c2ccccc2)sc1C(=O)C1=C(O)C(=O)N(c2ccc(C#N)cc2)C1c1ccco1. The van der Waals surface area contributed by atoms with Crippen molar-refractivity contribution in [2.75, 3.05) is 4.90 Å². The van der Waals surface area contributed by atoms with E-state index in [4.69, 9.17) is 9.68 Å². The summed E-state index contributed by atoms with van der Waals surface area (Å²) in [4.78, 5) is 33.1. The largest absolute Gasteiger partial charge is 0.503 e. The first-order valence-electron chi connectivity index (χ1n) is 10.4. The normalized spacial score (nSPS) is 15.6. The van der Waals surface area contributed by atoms with Crippen molar-refractivity contribution in [3.8, 4) is 16.6 Å². The van der Waals surface area contributed by atoms with Crippen LogP contribution in [0.4, 0.5) is 5.69 Å². The molecule has 1 N–H and O–H groups in total. The lowest BCUT2D eigenvalue weighted by atomic mass is 9.99. The topological polar surface area (TPSA) is 107 Å². The minimum atomic E-state index is -0.968. The van der Waals surface area contributed by atoms with Gasteiger partial charge >= 0.3 is 0 Å². The summed E-state index contributed by atoms with van der Waals surface area (Å²) in [5.41, 5.74) is 2.15. The number of carbonyl (C=O) groups excluding carboxylic acids is 2. The third kappa shape index (κ3) is 3.49. The van der Waals surface area contributed by atoms with Gasteiger partial charge in [-0.1, -0.05) is 30.3 Å². The van der Waals surface area contributed by atoms with Crippen molar-refractivity contribution >= 4 is 28.7 Å². The van der Waals surface area contributed by atoms with Crippen LogP contribution in [0.15, 0.2) is 88.7 Å². The van der Waals surface area contributed by atoms with Gasteiger partial charge in [0.25, 0.3) is 5.91 Å². The van der Waals surface area contributed by atoms with E-state index in [1.807, 2.05) is 36.4 Å². The summed E-state index contributed by atoms with van der Waals surface area (Å²) in [5, 5.41) is 20.6. The lowest BCUT2D eigenvalue weighted by Crippen LogP contribution is -2.30. The van der Waals surface area contributed by atoms with Crippen molar-refractivity contribution in [2.45, 2.75) is 13.0 Å². The highest BCUT2D eigenvalue weighted by molar-refractivity contribution is 7.17. The smallest absolute Gasteiger partial charge is 0.294 e. The van der Waals surface area contributed by atoms with E-state index in [1.54, 1.807) is 43.3 Å². The zero-order valence-corrected chi connectivity index (χ0v) is 18.7. The standard InChI is InChI=1S/C26H17N3O4S/c1-15-24(34-25(28-15)17-6-3-2-4-7-17)22(30)20-21(19-8-5-13-33-19)29(26(32)23(20)31)18-11-9-16(14-27)10-12-18/h2-13,21,31H,1H3. The number of amides is 1. The Morgan fingerprint density at radius 1 is 1.12 bits per heavy atom. The molecule has 0 radical (unpaired) electrons. The average Bonchev–Trinajstić information content (AvgIpc) is 3.59. The Morgan fingerprint density at radius 2 is 1.85 bits per heavy atom. The molecule has 0 saturated heterocycles. The van der Waals surface area contributed by atoms with E-state index >= 15 is 0 Å². The van der Waals surface area contributed by atoms with Crippen LogP contribution in [0.2, 0.25) is 0 Å². The third-order valence-corrected chi connectivity index (χ3v) is 6.77. The molecule has 1 aliphatic rings. The number of hydrogen-bond donors (Lipinski definition) is 1. The monoisotopic (exact) mass is 467 g/mol. The number of furan rings is 1. The molecular formula is C26H17N3O4S. The second-order valence-electron chi connectivity index (χ2n) is 7.64. The van der Waals surface area contributed by atoms with E-state index in [1.165, 1.54) is 22.5 Å². The Morgan fingerprint density at radius 3 is 2.50 bits per heavy atom. The predicted molar refractivity (Wildman–Crippen MR) is 126 cm³/mol. The Labute approximate surface area is 198 Å². The van der Waals surface area contributed by atoms with E-state index < -0.39 is 23.5 Å². The van der Waals surface area contributed by atoms with Crippen LogP contribution < -0.4 is 4.90 Å². The number of aliphatic hydroxyl groups excluding tert-OH is 1. The summed E-state index contributed by atoms with van der Waals surface area (Å²) < 4.78 is 5.58. The molecule has 0 bridgehead atoms. The number of benzene rings is 2. The number of Topliss-reactive ketones (excluding diaryl/α,β-unsaturated/α-hetero) is 1. The molecule has 0 aliphatic carbocycles. The van der Waals surface area contributed by atoms with Gasteiger partial charge in [0.05, 0.1) is 34.0 Å². The lowest BCUT2D eigenvalue weighted by molar-refractivity contribution is -0.117. The minimum absolute atomic E-state index is 0.0735. The van der Waals surface area contributed by atoms with Crippen molar-refractivity contribution in [1.29, 1.82) is 5.26 Å². The molecule has 2 aromatic carbocycles. The van der Waals surface area contributed by atoms with Crippen LogP contribution in [0.5, 0.6) is 0 Å². The highest BCUT2D eigenvalue weighted by Crippen LogP contribution is 2.43. The molecule has 0 spiro atoms. The summed E-state index contributed by atoms with van der Waals surface area (Å²) in [6.45, 7) is 1.73. The molecular weight excluding hydrogens is 450 g/mol. The van der Waals surface area contributed by atoms with E-state index in [-0.39, 0.29) is 5.57 Å². The van der Waals surface area contributed by atoms with E-state index in [0.29, 0.717) is 32.6 Å². The van der Waals surface area contributed by atoms with Gasteiger partial charge in [-0.2, -0.15) is 5.26 Å². The van der Waals surface area contributed by atoms with Crippen molar-refractivity contribution in [3.63, 3.8) is 0 Å². The lowest BCUT2D eigenvalue weighted by Gasteiger charge is -2.24. The van der Waals surface area contributed by atoms with Gasteiger partial charge in [0.2, 0.25) is 5.78 Å². The van der Waals surface area contributed by atoms with Crippen molar-refractivity contribution < 1.29 is 19.1 Å². The number of aromatic nitrogens is 1.